The van der Waals surface area contributed by atoms with Crippen LogP contribution in [-0.4, -0.2) is 12.0 Å². The molecule has 1 unspecified atom stereocenters. The third-order valence-corrected chi connectivity index (χ3v) is 2.82. The Morgan fingerprint density at radius 2 is 1.88 bits per heavy atom. The third-order valence-electron chi connectivity index (χ3n) is 2.82. The van der Waals surface area contributed by atoms with Gasteiger partial charge in [-0.1, -0.05) is 24.3 Å². The van der Waals surface area contributed by atoms with Gasteiger partial charge in [0.05, 0.1) is 6.04 Å². The van der Waals surface area contributed by atoms with Crippen molar-refractivity contribution in [2.45, 2.75) is 12.6 Å². The van der Waals surface area contributed by atoms with Crippen LogP contribution in [0, 0.1) is 0 Å². The Balaban J connectivity index is 2.33. The average molecular weight is 227 g/mol. The topological polar surface area (TPSA) is 50.9 Å². The minimum absolute atomic E-state index is 0.0949. The van der Waals surface area contributed by atoms with E-state index in [4.69, 9.17) is 5.73 Å². The van der Waals surface area contributed by atoms with Crippen molar-refractivity contribution in [2.24, 2.45) is 5.73 Å². The van der Waals surface area contributed by atoms with Crippen molar-refractivity contribution in [1.29, 1.82) is 0 Å². The highest BCUT2D eigenvalue weighted by Crippen LogP contribution is 2.22. The molecular weight excluding hydrogens is 210 g/mol. The van der Waals surface area contributed by atoms with E-state index in [9.17, 15) is 0 Å². The Hall–Kier alpha value is -1.71. The van der Waals surface area contributed by atoms with Crippen LogP contribution in [0.5, 0.6) is 0 Å². The Bertz CT molecular complexity index is 468. The lowest BCUT2D eigenvalue weighted by atomic mass is 9.96. The Labute approximate surface area is 102 Å². The molecule has 1 atom stereocenters. The first-order valence-electron chi connectivity index (χ1n) is 5.71. The van der Waals surface area contributed by atoms with E-state index in [1.807, 2.05) is 31.3 Å². The Morgan fingerprint density at radius 3 is 2.59 bits per heavy atom. The van der Waals surface area contributed by atoms with Crippen LogP contribution in [0.15, 0.2) is 48.8 Å². The first-order valence-corrected chi connectivity index (χ1v) is 5.71. The average Bonchev–Trinajstić information content (AvgIpc) is 2.40. The van der Waals surface area contributed by atoms with Gasteiger partial charge < -0.3 is 11.1 Å². The number of nitrogens with one attached hydrogen (secondary N) is 1. The van der Waals surface area contributed by atoms with Crippen LogP contribution in [-0.2, 0) is 6.54 Å². The van der Waals surface area contributed by atoms with Crippen LogP contribution in [0.4, 0.5) is 0 Å². The number of nitrogens with zero attached hydrogens (tertiary/aromatic N) is 1. The second kappa shape index (κ2) is 5.57. The van der Waals surface area contributed by atoms with Crippen molar-refractivity contribution in [3.63, 3.8) is 0 Å². The number of benzene rings is 1. The van der Waals surface area contributed by atoms with Gasteiger partial charge in [-0.2, -0.15) is 0 Å². The van der Waals surface area contributed by atoms with Crippen LogP contribution >= 0.6 is 0 Å². The van der Waals surface area contributed by atoms with Gasteiger partial charge in [-0.15, -0.1) is 0 Å². The molecule has 1 aromatic carbocycles. The molecule has 1 heterocycles. The van der Waals surface area contributed by atoms with Crippen LogP contribution in [0.1, 0.15) is 22.7 Å². The number of hydrogen-bond acceptors (Lipinski definition) is 3. The Kier molecular flexibility index (Phi) is 3.85. The van der Waals surface area contributed by atoms with Crippen LogP contribution < -0.4 is 11.1 Å². The smallest absolute Gasteiger partial charge is 0.0555 e. The van der Waals surface area contributed by atoms with E-state index in [0.29, 0.717) is 0 Å². The van der Waals surface area contributed by atoms with Crippen molar-refractivity contribution in [1.82, 2.24) is 10.3 Å². The fraction of sp³-hybridized carbons (Fsp3) is 0.214. The lowest BCUT2D eigenvalue weighted by Crippen LogP contribution is -2.16. The predicted molar refractivity (Wildman–Crippen MR) is 69.5 cm³/mol. The number of aromatic nitrogens is 1. The molecule has 0 saturated heterocycles. The fourth-order valence-corrected chi connectivity index (χ4v) is 1.94. The first-order chi connectivity index (χ1) is 8.33. The van der Waals surface area contributed by atoms with E-state index in [0.717, 1.165) is 17.7 Å². The SMILES string of the molecule is CNCc1ccccc1C(N)c1ccncc1. The van der Waals surface area contributed by atoms with Crippen LogP contribution in [0.3, 0.4) is 0 Å². The molecule has 0 fully saturated rings. The lowest BCUT2D eigenvalue weighted by Gasteiger charge is -2.16. The normalized spacial score (nSPS) is 12.4. The summed E-state index contributed by atoms with van der Waals surface area (Å²) in [4.78, 5) is 4.01. The molecule has 3 nitrogen and oxygen atoms in total. The molecule has 1 aromatic heterocycles. The maximum atomic E-state index is 6.29. The quantitative estimate of drug-likeness (QED) is 0.838. The van der Waals surface area contributed by atoms with Gasteiger partial charge in [-0.05, 0) is 35.9 Å². The van der Waals surface area contributed by atoms with Gasteiger partial charge >= 0.3 is 0 Å². The van der Waals surface area contributed by atoms with Gasteiger partial charge in [0.15, 0.2) is 0 Å². The molecule has 0 aliphatic carbocycles. The highest BCUT2D eigenvalue weighted by molar-refractivity contribution is 5.36. The second-order valence-corrected chi connectivity index (χ2v) is 3.99. The molecule has 2 rings (SSSR count). The van der Waals surface area contributed by atoms with E-state index in [2.05, 4.69) is 22.4 Å². The number of rotatable bonds is 4. The standard InChI is InChI=1S/C14H17N3/c1-16-10-12-4-2-3-5-13(12)14(15)11-6-8-17-9-7-11/h2-9,14,16H,10,15H2,1H3. The van der Waals surface area contributed by atoms with Crippen LogP contribution in [0.2, 0.25) is 0 Å². The van der Waals surface area contributed by atoms with Gasteiger partial charge in [0.1, 0.15) is 0 Å². The lowest BCUT2D eigenvalue weighted by molar-refractivity contribution is 0.777. The molecule has 0 aliphatic rings. The summed E-state index contributed by atoms with van der Waals surface area (Å²) >= 11 is 0. The number of hydrogen-bond donors (Lipinski definition) is 2. The van der Waals surface area contributed by atoms with Crippen molar-refractivity contribution >= 4 is 0 Å². The molecule has 88 valence electrons. The van der Waals surface area contributed by atoms with Gasteiger partial charge in [-0.25, -0.2) is 0 Å². The fourth-order valence-electron chi connectivity index (χ4n) is 1.94. The zero-order valence-electron chi connectivity index (χ0n) is 9.93. The highest BCUT2D eigenvalue weighted by Gasteiger charge is 2.11. The van der Waals surface area contributed by atoms with Crippen molar-refractivity contribution in [2.75, 3.05) is 7.05 Å². The summed E-state index contributed by atoms with van der Waals surface area (Å²) in [6, 6.07) is 12.1. The Morgan fingerprint density at radius 1 is 1.18 bits per heavy atom. The van der Waals surface area contributed by atoms with E-state index in [-0.39, 0.29) is 6.04 Å². The molecule has 0 spiro atoms. The molecular formula is C14H17N3. The highest BCUT2D eigenvalue weighted by atomic mass is 14.8. The minimum atomic E-state index is -0.0949. The summed E-state index contributed by atoms with van der Waals surface area (Å²) in [7, 11) is 1.94. The van der Waals surface area contributed by atoms with E-state index in [1.165, 1.54) is 5.56 Å². The van der Waals surface area contributed by atoms with Gasteiger partial charge in [0.25, 0.3) is 0 Å². The van der Waals surface area contributed by atoms with E-state index >= 15 is 0 Å². The van der Waals surface area contributed by atoms with Gasteiger partial charge in [0.2, 0.25) is 0 Å². The monoisotopic (exact) mass is 227 g/mol. The van der Waals surface area contributed by atoms with E-state index in [1.54, 1.807) is 12.4 Å². The third kappa shape index (κ3) is 2.70. The summed E-state index contributed by atoms with van der Waals surface area (Å²) in [5.41, 5.74) is 9.77. The summed E-state index contributed by atoms with van der Waals surface area (Å²) in [5, 5.41) is 3.16. The molecule has 2 aromatic rings. The van der Waals surface area contributed by atoms with Crippen molar-refractivity contribution < 1.29 is 0 Å². The second-order valence-electron chi connectivity index (χ2n) is 3.99. The largest absolute Gasteiger partial charge is 0.320 e. The molecule has 0 radical (unpaired) electrons. The molecule has 0 amide bonds. The van der Waals surface area contributed by atoms with Crippen molar-refractivity contribution in [3.8, 4) is 0 Å². The molecule has 0 bridgehead atoms. The maximum absolute atomic E-state index is 6.29. The molecule has 3 heteroatoms. The zero-order valence-corrected chi connectivity index (χ0v) is 9.93. The van der Waals surface area contributed by atoms with Crippen molar-refractivity contribution in [3.05, 3.63) is 65.5 Å². The molecule has 0 aliphatic heterocycles. The van der Waals surface area contributed by atoms with Gasteiger partial charge in [0, 0.05) is 18.9 Å². The summed E-state index contributed by atoms with van der Waals surface area (Å²) in [6.07, 6.45) is 3.55. The first kappa shape index (κ1) is 11.8. The molecule has 17 heavy (non-hydrogen) atoms. The number of nitrogens with two attached hydrogens (primary N) is 1. The maximum Gasteiger partial charge on any atom is 0.0555 e. The zero-order chi connectivity index (χ0) is 12.1. The predicted octanol–water partition coefficient (Wildman–Crippen LogP) is 1.85. The van der Waals surface area contributed by atoms with Gasteiger partial charge in [-0.3, -0.25) is 4.98 Å². The summed E-state index contributed by atoms with van der Waals surface area (Å²) in [6.45, 7) is 0.828. The van der Waals surface area contributed by atoms with E-state index < -0.39 is 0 Å². The summed E-state index contributed by atoms with van der Waals surface area (Å²) < 4.78 is 0. The minimum Gasteiger partial charge on any atom is -0.320 e. The van der Waals surface area contributed by atoms with Crippen LogP contribution in [0.25, 0.3) is 0 Å². The number of pyridine rings is 1. The molecule has 0 saturated carbocycles. The molecule has 3 N–H and O–H groups in total. The summed E-state index contributed by atoms with van der Waals surface area (Å²) in [5.74, 6) is 0.